The van der Waals surface area contributed by atoms with E-state index in [1.807, 2.05) is 0 Å². The van der Waals surface area contributed by atoms with Crippen molar-refractivity contribution in [3.8, 4) is 0 Å². The number of aliphatic hydroxyl groups is 12. The second-order valence-electron chi connectivity index (χ2n) is 31.0. The minimum atomic E-state index is -2.21. The quantitative estimate of drug-likeness (QED) is 0.0375. The second kappa shape index (κ2) is 28.4. The number of aliphatic hydroxyl groups excluding tert-OH is 12. The Morgan fingerprint density at radius 3 is 1.59 bits per heavy atom. The van der Waals surface area contributed by atoms with Crippen LogP contribution < -0.4 is 10.6 Å². The number of amides is 3. The maximum atomic E-state index is 14.4. The van der Waals surface area contributed by atoms with E-state index in [0.29, 0.717) is 70.8 Å². The largest absolute Gasteiger partial charge is 0.393 e. The molecule has 88 heavy (non-hydrogen) atoms. The van der Waals surface area contributed by atoms with Crippen LogP contribution in [-0.4, -0.2) is 208 Å². The molecule has 31 atom stereocenters. The van der Waals surface area contributed by atoms with Crippen molar-refractivity contribution < 1.29 is 95.3 Å². The summed E-state index contributed by atoms with van der Waals surface area (Å²) in [6.45, 7) is 14.8. The minimum Gasteiger partial charge on any atom is -0.393 e. The van der Waals surface area contributed by atoms with Gasteiger partial charge in [0.25, 0.3) is 5.91 Å². The van der Waals surface area contributed by atoms with Crippen molar-refractivity contribution in [1.29, 1.82) is 0 Å². The smallest absolute Gasteiger partial charge is 0.251 e. The van der Waals surface area contributed by atoms with Gasteiger partial charge in [-0.05, 0) is 208 Å². The van der Waals surface area contributed by atoms with Gasteiger partial charge in [0.1, 0.15) is 24.4 Å². The van der Waals surface area contributed by atoms with Gasteiger partial charge in [-0.1, -0.05) is 48.5 Å². The molecule has 9 aliphatic rings. The Labute approximate surface area is 520 Å². The Morgan fingerprint density at radius 1 is 0.602 bits per heavy atom. The second-order valence-corrected chi connectivity index (χ2v) is 31.0. The zero-order chi connectivity index (χ0) is 64.1. The summed E-state index contributed by atoms with van der Waals surface area (Å²) in [6.07, 6.45) is -4.07. The molecule has 8 saturated carbocycles. The molecule has 22 nitrogen and oxygen atoms in total. The number of nitrogens with zero attached hydrogens (tertiary/aromatic N) is 1. The van der Waals surface area contributed by atoms with Gasteiger partial charge in [0, 0.05) is 44.9 Å². The minimum absolute atomic E-state index is 0.0193. The van der Waals surface area contributed by atoms with E-state index in [9.17, 15) is 75.7 Å². The van der Waals surface area contributed by atoms with Gasteiger partial charge >= 0.3 is 0 Å². The molecule has 1 heterocycles. The van der Waals surface area contributed by atoms with E-state index in [2.05, 4.69) is 57.1 Å². The van der Waals surface area contributed by atoms with Crippen LogP contribution in [0.1, 0.15) is 177 Å². The average Bonchev–Trinajstić information content (AvgIpc) is 1.32. The van der Waals surface area contributed by atoms with Crippen molar-refractivity contribution in [2.75, 3.05) is 32.8 Å². The fourth-order valence-electron chi connectivity index (χ4n) is 21.2. The number of nitrogens with one attached hydrogen (secondary N) is 2. The molecule has 506 valence electrons. The number of rotatable bonds is 24. The number of fused-ring (bicyclic) bond motifs is 10. The number of carbonyl (C=O) groups excluding carboxylic acids is 3. The number of carbonyl (C=O) groups is 3. The highest BCUT2D eigenvalue weighted by molar-refractivity contribution is 5.81. The molecule has 8 aliphatic carbocycles. The standard InChI is InChI=1S/C66H113N3O19/c1-33(40-12-14-42-53-44(30-49(75)65(40,42)6)63(4)20-18-38(70)26-36(63)28-46(53)72)10-16-51(77)67-22-8-24-69(25-9-23-68-60(84)58(82)57(81)56(80)48(74)32-86-62-59(83)55(79)35(3)61(87-62)88-85)52(78)17-11-34(2)41-13-15-43-54-45(31-50(76)66(41,43)7)64(5)21-19-39(71)27-37(64)29-47(54)73/h33-50,53-59,61-62,70-76,79-83,85H,8-32H2,1-7H3,(H,67,77)(H,68,84)/t33?,34?,35?,36?,37?,38-,39-,40?,41?,42?,43?,44?,45?,46-,47-,48?,49+,50+,53?,54?,55?,56?,57?,58?,59-,61?,62+,63+,64+,65-,66-/m1/s1. The maximum absolute atomic E-state index is 14.4. The molecule has 9 fully saturated rings. The van der Waals surface area contributed by atoms with Crippen molar-refractivity contribution in [2.45, 2.75) is 263 Å². The molecule has 1 aliphatic heterocycles. The molecule has 15 N–H and O–H groups in total. The molecule has 0 aromatic carbocycles. The summed E-state index contributed by atoms with van der Waals surface area (Å²) >= 11 is 0. The zero-order valence-electron chi connectivity index (χ0n) is 53.5. The van der Waals surface area contributed by atoms with Crippen LogP contribution in [0, 0.1) is 98.6 Å². The van der Waals surface area contributed by atoms with Crippen molar-refractivity contribution in [3.63, 3.8) is 0 Å². The normalized spacial score (nSPS) is 45.8. The Balaban J connectivity index is 0.775. The number of ether oxygens (including phenoxy) is 2. The van der Waals surface area contributed by atoms with Crippen LogP contribution in [0.15, 0.2) is 0 Å². The van der Waals surface area contributed by atoms with E-state index in [0.717, 1.165) is 51.4 Å². The highest BCUT2D eigenvalue weighted by Gasteiger charge is 2.68. The summed E-state index contributed by atoms with van der Waals surface area (Å²) in [4.78, 5) is 47.0. The summed E-state index contributed by atoms with van der Waals surface area (Å²) in [5.74, 6) is -0.390. The van der Waals surface area contributed by atoms with Gasteiger partial charge in [-0.25, -0.2) is 10.1 Å². The average molecular weight is 1250 g/mol. The van der Waals surface area contributed by atoms with Crippen LogP contribution >= 0.6 is 0 Å². The molecule has 0 bridgehead atoms. The van der Waals surface area contributed by atoms with Crippen molar-refractivity contribution in [3.05, 3.63) is 0 Å². The van der Waals surface area contributed by atoms with Gasteiger partial charge in [0.05, 0.1) is 49.3 Å². The monoisotopic (exact) mass is 1250 g/mol. The van der Waals surface area contributed by atoms with Gasteiger partial charge in [-0.15, -0.1) is 0 Å². The van der Waals surface area contributed by atoms with Gasteiger partial charge in [-0.3, -0.25) is 14.4 Å². The van der Waals surface area contributed by atoms with E-state index < -0.39 is 97.5 Å². The molecule has 0 aromatic heterocycles. The Hall–Kier alpha value is -2.23. The highest BCUT2D eigenvalue weighted by Crippen LogP contribution is 2.70. The van der Waals surface area contributed by atoms with Gasteiger partial charge in [0.2, 0.25) is 11.8 Å². The molecule has 0 spiro atoms. The molecule has 3 amide bonds. The molecular weight excluding hydrogens is 1140 g/mol. The summed E-state index contributed by atoms with van der Waals surface area (Å²) in [7, 11) is 0. The molecule has 0 aromatic rings. The van der Waals surface area contributed by atoms with Gasteiger partial charge in [-0.2, -0.15) is 0 Å². The Bertz CT molecular complexity index is 2340. The molecule has 1 saturated heterocycles. The van der Waals surface area contributed by atoms with Crippen molar-refractivity contribution in [1.82, 2.24) is 15.5 Å². The van der Waals surface area contributed by atoms with Crippen LogP contribution in [0.3, 0.4) is 0 Å². The first-order valence-corrected chi connectivity index (χ1v) is 34.1. The maximum Gasteiger partial charge on any atom is 0.251 e. The van der Waals surface area contributed by atoms with Crippen LogP contribution in [0.25, 0.3) is 0 Å². The first-order chi connectivity index (χ1) is 41.5. The van der Waals surface area contributed by atoms with E-state index in [-0.39, 0.29) is 144 Å². The van der Waals surface area contributed by atoms with Crippen LogP contribution in [0.4, 0.5) is 0 Å². The third kappa shape index (κ3) is 13.4. The van der Waals surface area contributed by atoms with E-state index in [1.165, 1.54) is 6.92 Å². The fraction of sp³-hybridized carbons (Fsp3) is 0.955. The summed E-state index contributed by atoms with van der Waals surface area (Å²) in [6, 6.07) is 0. The summed E-state index contributed by atoms with van der Waals surface area (Å²) in [5.41, 5.74) is -0.909. The van der Waals surface area contributed by atoms with E-state index in [4.69, 9.17) is 14.7 Å². The molecule has 9 rings (SSSR count). The highest BCUT2D eigenvalue weighted by atomic mass is 17.1. The van der Waals surface area contributed by atoms with Gasteiger partial charge in [0.15, 0.2) is 18.7 Å². The molecule has 22 heteroatoms. The molecule has 19 unspecified atom stereocenters. The van der Waals surface area contributed by atoms with E-state index in [1.54, 1.807) is 4.90 Å². The molecular formula is C66H113N3O19. The summed E-state index contributed by atoms with van der Waals surface area (Å²) < 4.78 is 10.5. The van der Waals surface area contributed by atoms with E-state index >= 15 is 0 Å². The topological polar surface area (TPSA) is 369 Å². The predicted molar refractivity (Wildman–Crippen MR) is 320 cm³/mol. The van der Waals surface area contributed by atoms with Crippen molar-refractivity contribution in [2.24, 2.45) is 98.6 Å². The lowest BCUT2D eigenvalue weighted by atomic mass is 9.43. The van der Waals surface area contributed by atoms with Gasteiger partial charge < -0.3 is 86.3 Å². The predicted octanol–water partition coefficient (Wildman–Crippen LogP) is 2.57. The fourth-order valence-corrected chi connectivity index (χ4v) is 21.2. The lowest BCUT2D eigenvalue weighted by Gasteiger charge is -2.63. The van der Waals surface area contributed by atoms with Crippen LogP contribution in [0.2, 0.25) is 0 Å². The SMILES string of the molecule is CC(CCC(=O)NCCCN(CCCNC(=O)C(O)C(O)C(O)C(O)CO[C@H]1OC(OO)C(C)C(O)[C@H]1O)C(=O)CCC(C)C1CCC2C3C(C[C@H](O)[C@]12C)[C@@]1(C)CC[C@@H](O)CC1C[C@H]3O)C1CCC2C3C(C[C@H](O)[C@]12C)[C@@]1(C)CC[C@@H](O)CC1C[C@H]3O. The number of hydrogen-bond acceptors (Lipinski definition) is 19. The lowest BCUT2D eigenvalue weighted by molar-refractivity contribution is -0.421. The Kier molecular flexibility index (Phi) is 22.6. The molecule has 0 radical (unpaired) electrons. The first-order valence-electron chi connectivity index (χ1n) is 34.1. The third-order valence-corrected chi connectivity index (χ3v) is 26.6. The van der Waals surface area contributed by atoms with Crippen LogP contribution in [-0.2, 0) is 28.7 Å². The zero-order valence-corrected chi connectivity index (χ0v) is 53.5. The number of hydrogen-bond donors (Lipinski definition) is 15. The Morgan fingerprint density at radius 2 is 1.09 bits per heavy atom. The van der Waals surface area contributed by atoms with Crippen molar-refractivity contribution >= 4 is 17.7 Å². The third-order valence-electron chi connectivity index (χ3n) is 26.6. The summed E-state index contributed by atoms with van der Waals surface area (Å²) in [5, 5.41) is 147. The lowest BCUT2D eigenvalue weighted by Crippen LogP contribution is -2.62. The van der Waals surface area contributed by atoms with Crippen LogP contribution in [0.5, 0.6) is 0 Å². The first kappa shape index (κ1) is 70.1.